The Morgan fingerprint density at radius 1 is 1.00 bits per heavy atom. The fraction of sp³-hybridized carbons (Fsp3) is 0.364. The zero-order valence-corrected chi connectivity index (χ0v) is 17.0. The molecule has 0 spiro atoms. The highest BCUT2D eigenvalue weighted by Crippen LogP contribution is 2.25. The topological polar surface area (TPSA) is 70.1 Å². The van der Waals surface area contributed by atoms with Crippen LogP contribution in [0.2, 0.25) is 5.02 Å². The second kappa shape index (κ2) is 10.4. The van der Waals surface area contributed by atoms with Crippen LogP contribution in [0.25, 0.3) is 0 Å². The molecule has 29 heavy (non-hydrogen) atoms. The SMILES string of the molecule is O=C(O)COc1ccc(Cl)cc1CN1CCN(CCC(=O)c2ccccc2)CC1. The summed E-state index contributed by atoms with van der Waals surface area (Å²) in [5.41, 5.74) is 1.65. The number of nitrogens with zero attached hydrogens (tertiary/aromatic N) is 2. The lowest BCUT2D eigenvalue weighted by atomic mass is 10.1. The van der Waals surface area contributed by atoms with Gasteiger partial charge in [0.2, 0.25) is 0 Å². The van der Waals surface area contributed by atoms with Crippen LogP contribution in [0.15, 0.2) is 48.5 Å². The fourth-order valence-electron chi connectivity index (χ4n) is 3.39. The van der Waals surface area contributed by atoms with Crippen molar-refractivity contribution >= 4 is 23.4 Å². The number of carboxylic acid groups (broad SMARTS) is 1. The van der Waals surface area contributed by atoms with E-state index in [2.05, 4.69) is 9.80 Å². The summed E-state index contributed by atoms with van der Waals surface area (Å²) in [6.45, 7) is 4.52. The van der Waals surface area contributed by atoms with Crippen molar-refractivity contribution in [3.63, 3.8) is 0 Å². The molecule has 0 atom stereocenters. The summed E-state index contributed by atoms with van der Waals surface area (Å²) >= 11 is 6.11. The maximum atomic E-state index is 12.3. The number of hydrogen-bond donors (Lipinski definition) is 1. The molecule has 0 saturated carbocycles. The number of carboxylic acids is 1. The molecule has 0 bridgehead atoms. The van der Waals surface area contributed by atoms with Crippen molar-refractivity contribution in [1.29, 1.82) is 0 Å². The van der Waals surface area contributed by atoms with E-state index in [9.17, 15) is 9.59 Å². The van der Waals surface area contributed by atoms with Crippen LogP contribution in [0.3, 0.4) is 0 Å². The minimum absolute atomic E-state index is 0.173. The van der Waals surface area contributed by atoms with Gasteiger partial charge in [0.1, 0.15) is 5.75 Å². The molecule has 0 amide bonds. The van der Waals surface area contributed by atoms with Gasteiger partial charge in [-0.15, -0.1) is 0 Å². The van der Waals surface area contributed by atoms with Gasteiger partial charge in [0.15, 0.2) is 12.4 Å². The number of halogens is 1. The van der Waals surface area contributed by atoms with Crippen LogP contribution < -0.4 is 4.74 Å². The number of ether oxygens (including phenoxy) is 1. The number of benzene rings is 2. The van der Waals surface area contributed by atoms with Gasteiger partial charge in [-0.3, -0.25) is 9.69 Å². The van der Waals surface area contributed by atoms with Gasteiger partial charge in [0, 0.05) is 61.8 Å². The Hall–Kier alpha value is -2.41. The largest absolute Gasteiger partial charge is 0.482 e. The molecule has 0 unspecified atom stereocenters. The van der Waals surface area contributed by atoms with E-state index in [1.807, 2.05) is 36.4 Å². The minimum Gasteiger partial charge on any atom is -0.482 e. The van der Waals surface area contributed by atoms with E-state index in [-0.39, 0.29) is 12.4 Å². The lowest BCUT2D eigenvalue weighted by molar-refractivity contribution is -0.139. The zero-order chi connectivity index (χ0) is 20.6. The molecule has 1 saturated heterocycles. The van der Waals surface area contributed by atoms with Crippen LogP contribution in [0.1, 0.15) is 22.3 Å². The van der Waals surface area contributed by atoms with Crippen LogP contribution in [-0.4, -0.2) is 66.0 Å². The molecule has 154 valence electrons. The Morgan fingerprint density at radius 2 is 1.69 bits per heavy atom. The van der Waals surface area contributed by atoms with Crippen molar-refractivity contribution in [2.45, 2.75) is 13.0 Å². The van der Waals surface area contributed by atoms with Crippen LogP contribution in [0.5, 0.6) is 5.75 Å². The summed E-state index contributed by atoms with van der Waals surface area (Å²) in [5, 5.41) is 9.44. The third-order valence-electron chi connectivity index (χ3n) is 4.98. The molecule has 1 N–H and O–H groups in total. The van der Waals surface area contributed by atoms with Gasteiger partial charge in [-0.1, -0.05) is 41.9 Å². The molecular formula is C22H25ClN2O4. The molecule has 2 aromatic carbocycles. The van der Waals surface area contributed by atoms with Crippen LogP contribution in [0, 0.1) is 0 Å². The predicted molar refractivity (Wildman–Crippen MR) is 112 cm³/mol. The maximum absolute atomic E-state index is 12.3. The molecule has 1 aliphatic heterocycles. The molecule has 1 aliphatic rings. The van der Waals surface area contributed by atoms with Crippen molar-refractivity contribution in [1.82, 2.24) is 9.80 Å². The number of rotatable bonds is 9. The highest BCUT2D eigenvalue weighted by Gasteiger charge is 2.19. The molecule has 1 heterocycles. The van der Waals surface area contributed by atoms with E-state index < -0.39 is 5.97 Å². The van der Waals surface area contributed by atoms with Crippen molar-refractivity contribution < 1.29 is 19.4 Å². The summed E-state index contributed by atoms with van der Waals surface area (Å²) < 4.78 is 5.39. The summed E-state index contributed by atoms with van der Waals surface area (Å²) in [6, 6.07) is 14.6. The minimum atomic E-state index is -1.01. The number of ketones is 1. The molecule has 0 radical (unpaired) electrons. The fourth-order valence-corrected chi connectivity index (χ4v) is 3.59. The number of carbonyl (C=O) groups is 2. The quantitative estimate of drug-likeness (QED) is 0.633. The van der Waals surface area contributed by atoms with Gasteiger partial charge in [-0.05, 0) is 18.2 Å². The second-order valence-electron chi connectivity index (χ2n) is 7.09. The van der Waals surface area contributed by atoms with E-state index in [1.165, 1.54) is 0 Å². The van der Waals surface area contributed by atoms with Gasteiger partial charge in [0.25, 0.3) is 0 Å². The number of piperazine rings is 1. The van der Waals surface area contributed by atoms with E-state index in [0.29, 0.717) is 23.7 Å². The zero-order valence-electron chi connectivity index (χ0n) is 16.2. The van der Waals surface area contributed by atoms with Crippen LogP contribution in [0.4, 0.5) is 0 Å². The second-order valence-corrected chi connectivity index (χ2v) is 7.53. The van der Waals surface area contributed by atoms with Crippen LogP contribution >= 0.6 is 11.6 Å². The Morgan fingerprint density at radius 3 is 2.38 bits per heavy atom. The van der Waals surface area contributed by atoms with Gasteiger partial charge in [-0.2, -0.15) is 0 Å². The molecule has 0 aliphatic carbocycles. The van der Waals surface area contributed by atoms with Crippen LogP contribution in [-0.2, 0) is 11.3 Å². The van der Waals surface area contributed by atoms with E-state index in [0.717, 1.165) is 43.9 Å². The lowest BCUT2D eigenvalue weighted by Gasteiger charge is -2.34. The van der Waals surface area contributed by atoms with Gasteiger partial charge in [0.05, 0.1) is 0 Å². The summed E-state index contributed by atoms with van der Waals surface area (Å²) in [7, 11) is 0. The van der Waals surface area contributed by atoms with Gasteiger partial charge in [-0.25, -0.2) is 4.79 Å². The number of aliphatic carboxylic acids is 1. The Bertz CT molecular complexity index is 836. The van der Waals surface area contributed by atoms with E-state index in [4.69, 9.17) is 21.4 Å². The molecule has 2 aromatic rings. The normalized spacial score (nSPS) is 15.2. The highest BCUT2D eigenvalue weighted by atomic mass is 35.5. The first kappa shape index (κ1) is 21.3. The van der Waals surface area contributed by atoms with E-state index in [1.54, 1.807) is 12.1 Å². The third kappa shape index (κ3) is 6.56. The van der Waals surface area contributed by atoms with E-state index >= 15 is 0 Å². The van der Waals surface area contributed by atoms with Crippen molar-refractivity contribution in [3.8, 4) is 5.75 Å². The molecular weight excluding hydrogens is 392 g/mol. The van der Waals surface area contributed by atoms with Crippen molar-refractivity contribution in [2.75, 3.05) is 39.3 Å². The first-order chi connectivity index (χ1) is 14.0. The first-order valence-electron chi connectivity index (χ1n) is 9.67. The summed E-state index contributed by atoms with van der Waals surface area (Å²) in [5.74, 6) is -0.288. The molecule has 1 fully saturated rings. The molecule has 7 heteroatoms. The third-order valence-corrected chi connectivity index (χ3v) is 5.22. The number of hydrogen-bond acceptors (Lipinski definition) is 5. The average molecular weight is 417 g/mol. The monoisotopic (exact) mass is 416 g/mol. The Labute approximate surface area is 175 Å². The summed E-state index contributed by atoms with van der Waals surface area (Å²) in [4.78, 5) is 27.6. The summed E-state index contributed by atoms with van der Waals surface area (Å²) in [6.07, 6.45) is 0.519. The van der Waals surface area contributed by atoms with Gasteiger partial charge >= 0.3 is 5.97 Å². The standard InChI is InChI=1S/C22H25ClN2O4/c23-19-6-7-21(29-16-22(27)28)18(14-19)15-25-12-10-24(11-13-25)9-8-20(26)17-4-2-1-3-5-17/h1-7,14H,8-13,15-16H2,(H,27,28). The van der Waals surface area contributed by atoms with Crippen molar-refractivity contribution in [3.05, 3.63) is 64.7 Å². The average Bonchev–Trinajstić information content (AvgIpc) is 2.73. The number of carbonyl (C=O) groups excluding carboxylic acids is 1. The van der Waals surface area contributed by atoms with Gasteiger partial charge < -0.3 is 14.7 Å². The molecule has 3 rings (SSSR count). The Kier molecular flexibility index (Phi) is 7.63. The Balaban J connectivity index is 1.48. The lowest BCUT2D eigenvalue weighted by Crippen LogP contribution is -2.46. The first-order valence-corrected chi connectivity index (χ1v) is 10.0. The highest BCUT2D eigenvalue weighted by molar-refractivity contribution is 6.30. The number of Topliss-reactive ketones (excluding diaryl/α,β-unsaturated/α-hetero) is 1. The smallest absolute Gasteiger partial charge is 0.341 e. The molecule has 6 nitrogen and oxygen atoms in total. The maximum Gasteiger partial charge on any atom is 0.341 e. The molecule has 0 aromatic heterocycles. The predicted octanol–water partition coefficient (Wildman–Crippen LogP) is 3.19. The van der Waals surface area contributed by atoms with Crippen molar-refractivity contribution in [2.24, 2.45) is 0 Å².